The van der Waals surface area contributed by atoms with E-state index in [0.29, 0.717) is 6.01 Å². The highest BCUT2D eigenvalue weighted by Gasteiger charge is 2.26. The summed E-state index contributed by atoms with van der Waals surface area (Å²) in [4.78, 5) is 8.27. The van der Waals surface area contributed by atoms with Gasteiger partial charge in [-0.1, -0.05) is 13.8 Å². The first kappa shape index (κ1) is 11.8. The summed E-state index contributed by atoms with van der Waals surface area (Å²) in [5, 5.41) is 0. The minimum absolute atomic E-state index is 0.285. The van der Waals surface area contributed by atoms with Crippen molar-refractivity contribution < 1.29 is 4.74 Å². The summed E-state index contributed by atoms with van der Waals surface area (Å²) in [7, 11) is 0. The lowest BCUT2D eigenvalue weighted by Gasteiger charge is -2.31. The quantitative estimate of drug-likeness (QED) is 0.835. The van der Waals surface area contributed by atoms with Crippen LogP contribution in [0.4, 0.5) is 0 Å². The van der Waals surface area contributed by atoms with E-state index >= 15 is 0 Å². The van der Waals surface area contributed by atoms with E-state index in [4.69, 9.17) is 4.74 Å². The van der Waals surface area contributed by atoms with Gasteiger partial charge in [-0.05, 0) is 47.0 Å². The van der Waals surface area contributed by atoms with Crippen LogP contribution in [0.1, 0.15) is 33.1 Å². The second-order valence-electron chi connectivity index (χ2n) is 4.69. The fraction of sp³-hybridized carbons (Fsp3) is 0.667. The Bertz CT molecular complexity index is 341. The smallest absolute Gasteiger partial charge is 0.316 e. The molecular formula is C12H17BrN2O. The number of halogens is 1. The predicted octanol–water partition coefficient (Wildman–Crippen LogP) is 3.44. The predicted molar refractivity (Wildman–Crippen MR) is 66.3 cm³/mol. The molecule has 1 aliphatic rings. The molecule has 4 heteroatoms. The van der Waals surface area contributed by atoms with Gasteiger partial charge in [0.25, 0.3) is 0 Å². The molecule has 88 valence electrons. The summed E-state index contributed by atoms with van der Waals surface area (Å²) in [6, 6.07) is 0.495. The average Bonchev–Trinajstić information content (AvgIpc) is 2.27. The Morgan fingerprint density at radius 1 is 1.19 bits per heavy atom. The maximum atomic E-state index is 5.79. The van der Waals surface area contributed by atoms with E-state index in [-0.39, 0.29) is 6.10 Å². The summed E-state index contributed by atoms with van der Waals surface area (Å²) in [6.07, 6.45) is 7.19. The Balaban J connectivity index is 1.93. The lowest BCUT2D eigenvalue weighted by atomic mass is 9.80. The van der Waals surface area contributed by atoms with Crippen LogP contribution < -0.4 is 4.74 Å². The summed E-state index contributed by atoms with van der Waals surface area (Å²) >= 11 is 3.31. The molecule has 0 aromatic carbocycles. The topological polar surface area (TPSA) is 35.0 Å². The molecule has 1 fully saturated rings. The monoisotopic (exact) mass is 284 g/mol. The first-order chi connectivity index (χ1) is 7.65. The standard InChI is InChI=1S/C12H17BrN2O/c1-8-3-4-11(5-9(8)2)16-12-14-6-10(13)7-15-12/h6-9,11H,3-5H2,1-2H3. The van der Waals surface area contributed by atoms with Crippen LogP contribution in [0.25, 0.3) is 0 Å². The van der Waals surface area contributed by atoms with Crippen molar-refractivity contribution in [2.75, 3.05) is 0 Å². The van der Waals surface area contributed by atoms with Gasteiger partial charge in [-0.2, -0.15) is 0 Å². The van der Waals surface area contributed by atoms with Gasteiger partial charge < -0.3 is 4.74 Å². The van der Waals surface area contributed by atoms with Gasteiger partial charge in [-0.15, -0.1) is 0 Å². The van der Waals surface area contributed by atoms with Crippen LogP contribution in [0.3, 0.4) is 0 Å². The highest BCUT2D eigenvalue weighted by atomic mass is 79.9. The van der Waals surface area contributed by atoms with Crippen molar-refractivity contribution in [1.29, 1.82) is 0 Å². The van der Waals surface area contributed by atoms with Gasteiger partial charge in [0.1, 0.15) is 6.10 Å². The fourth-order valence-electron chi connectivity index (χ4n) is 2.12. The maximum absolute atomic E-state index is 5.79. The number of aromatic nitrogens is 2. The van der Waals surface area contributed by atoms with Crippen molar-refractivity contribution in [3.63, 3.8) is 0 Å². The molecule has 3 atom stereocenters. The van der Waals surface area contributed by atoms with E-state index in [1.165, 1.54) is 6.42 Å². The van der Waals surface area contributed by atoms with E-state index in [0.717, 1.165) is 29.2 Å². The van der Waals surface area contributed by atoms with Gasteiger partial charge in [-0.3, -0.25) is 0 Å². The molecule has 0 saturated heterocycles. The van der Waals surface area contributed by atoms with E-state index in [9.17, 15) is 0 Å². The Hall–Kier alpha value is -0.640. The molecule has 3 unspecified atom stereocenters. The SMILES string of the molecule is CC1CCC(Oc2ncc(Br)cn2)CC1C. The van der Waals surface area contributed by atoms with Crippen molar-refractivity contribution in [3.05, 3.63) is 16.9 Å². The molecule has 0 radical (unpaired) electrons. The van der Waals surface area contributed by atoms with Crippen LogP contribution in [0.2, 0.25) is 0 Å². The van der Waals surface area contributed by atoms with Gasteiger partial charge in [0.2, 0.25) is 0 Å². The molecule has 0 amide bonds. The zero-order valence-electron chi connectivity index (χ0n) is 9.69. The Labute approximate surface area is 105 Å². The van der Waals surface area contributed by atoms with Crippen LogP contribution in [0, 0.1) is 11.8 Å². The first-order valence-electron chi connectivity index (χ1n) is 5.79. The number of ether oxygens (including phenoxy) is 1. The summed E-state index contributed by atoms with van der Waals surface area (Å²) < 4.78 is 6.67. The molecule has 1 heterocycles. The van der Waals surface area contributed by atoms with E-state index in [2.05, 4.69) is 39.7 Å². The Kier molecular flexibility index (Phi) is 3.79. The fourth-order valence-corrected chi connectivity index (χ4v) is 2.32. The van der Waals surface area contributed by atoms with Crippen LogP contribution in [-0.2, 0) is 0 Å². The van der Waals surface area contributed by atoms with Gasteiger partial charge in [-0.25, -0.2) is 9.97 Å². The Morgan fingerprint density at radius 2 is 1.88 bits per heavy atom. The largest absolute Gasteiger partial charge is 0.460 e. The maximum Gasteiger partial charge on any atom is 0.316 e. The number of nitrogens with zero attached hydrogens (tertiary/aromatic N) is 2. The molecule has 1 aromatic heterocycles. The second-order valence-corrected chi connectivity index (χ2v) is 5.61. The summed E-state index contributed by atoms with van der Waals surface area (Å²) in [5.74, 6) is 1.54. The van der Waals surface area contributed by atoms with Crippen molar-refractivity contribution >= 4 is 15.9 Å². The van der Waals surface area contributed by atoms with E-state index in [1.54, 1.807) is 12.4 Å². The van der Waals surface area contributed by atoms with Gasteiger partial charge in [0.15, 0.2) is 0 Å². The third kappa shape index (κ3) is 2.94. The van der Waals surface area contributed by atoms with Gasteiger partial charge >= 0.3 is 6.01 Å². The molecule has 2 rings (SSSR count). The van der Waals surface area contributed by atoms with Crippen molar-refractivity contribution in [3.8, 4) is 6.01 Å². The molecule has 1 aliphatic carbocycles. The minimum Gasteiger partial charge on any atom is -0.460 e. The zero-order chi connectivity index (χ0) is 11.5. The minimum atomic E-state index is 0.285. The van der Waals surface area contributed by atoms with Crippen LogP contribution >= 0.6 is 15.9 Å². The molecule has 16 heavy (non-hydrogen) atoms. The second kappa shape index (κ2) is 5.13. The van der Waals surface area contributed by atoms with Gasteiger partial charge in [0, 0.05) is 12.4 Å². The molecule has 3 nitrogen and oxygen atoms in total. The first-order valence-corrected chi connectivity index (χ1v) is 6.58. The lowest BCUT2D eigenvalue weighted by Crippen LogP contribution is -2.29. The number of hydrogen-bond donors (Lipinski definition) is 0. The van der Waals surface area contributed by atoms with Crippen LogP contribution in [0.5, 0.6) is 6.01 Å². The Morgan fingerprint density at radius 3 is 2.50 bits per heavy atom. The average molecular weight is 285 g/mol. The molecule has 0 N–H and O–H groups in total. The molecule has 0 aliphatic heterocycles. The van der Waals surface area contributed by atoms with E-state index < -0.39 is 0 Å². The normalized spacial score (nSPS) is 30.1. The summed E-state index contributed by atoms with van der Waals surface area (Å²) in [6.45, 7) is 4.61. The van der Waals surface area contributed by atoms with Crippen LogP contribution in [-0.4, -0.2) is 16.1 Å². The van der Waals surface area contributed by atoms with E-state index in [1.807, 2.05) is 0 Å². The van der Waals surface area contributed by atoms with Crippen molar-refractivity contribution in [2.45, 2.75) is 39.2 Å². The van der Waals surface area contributed by atoms with Gasteiger partial charge in [0.05, 0.1) is 4.47 Å². The third-order valence-electron chi connectivity index (χ3n) is 3.42. The summed E-state index contributed by atoms with van der Waals surface area (Å²) in [5.41, 5.74) is 0. The number of hydrogen-bond acceptors (Lipinski definition) is 3. The zero-order valence-corrected chi connectivity index (χ0v) is 11.3. The lowest BCUT2D eigenvalue weighted by molar-refractivity contribution is 0.0918. The molecular weight excluding hydrogens is 268 g/mol. The molecule has 0 bridgehead atoms. The van der Waals surface area contributed by atoms with Crippen LogP contribution in [0.15, 0.2) is 16.9 Å². The molecule has 1 saturated carbocycles. The third-order valence-corrected chi connectivity index (χ3v) is 3.83. The highest BCUT2D eigenvalue weighted by molar-refractivity contribution is 9.10. The molecule has 1 aromatic rings. The number of rotatable bonds is 2. The molecule has 0 spiro atoms. The highest BCUT2D eigenvalue weighted by Crippen LogP contribution is 2.31. The van der Waals surface area contributed by atoms with Crippen molar-refractivity contribution in [1.82, 2.24) is 9.97 Å². The van der Waals surface area contributed by atoms with Crippen molar-refractivity contribution in [2.24, 2.45) is 11.8 Å².